The van der Waals surface area contributed by atoms with Crippen molar-refractivity contribution in [3.63, 3.8) is 0 Å². The summed E-state index contributed by atoms with van der Waals surface area (Å²) < 4.78 is 0. The minimum absolute atomic E-state index is 0.208. The number of likely N-dealkylation sites (N-methyl/N-ethyl adjacent to an activating group) is 1. The minimum Gasteiger partial charge on any atom is -0.480 e. The number of hydrogen-bond donors (Lipinski definition) is 1. The van der Waals surface area contributed by atoms with Gasteiger partial charge in [0.15, 0.2) is 0 Å². The van der Waals surface area contributed by atoms with E-state index in [0.29, 0.717) is 12.0 Å². The highest BCUT2D eigenvalue weighted by molar-refractivity contribution is 5.74. The van der Waals surface area contributed by atoms with Crippen LogP contribution in [-0.4, -0.2) is 35.1 Å². The van der Waals surface area contributed by atoms with E-state index in [1.54, 1.807) is 0 Å². The maximum Gasteiger partial charge on any atom is 0.320 e. The minimum atomic E-state index is -0.646. The fourth-order valence-corrected chi connectivity index (χ4v) is 2.79. The Labute approximate surface area is 72.4 Å². The molecular weight excluding hydrogens is 154 g/mol. The number of aliphatic carboxylic acids is 1. The molecule has 3 nitrogen and oxygen atoms in total. The van der Waals surface area contributed by atoms with Gasteiger partial charge in [0.05, 0.1) is 0 Å². The maximum absolute atomic E-state index is 10.8. The Bertz CT molecular complexity index is 205. The normalized spacial score (nSPS) is 41.6. The van der Waals surface area contributed by atoms with Crippen LogP contribution in [0.4, 0.5) is 0 Å². The fraction of sp³-hybridized carbons (Fsp3) is 0.889. The second-order valence-electron chi connectivity index (χ2n) is 4.01. The zero-order valence-electron chi connectivity index (χ0n) is 7.36. The lowest BCUT2D eigenvalue weighted by Crippen LogP contribution is -2.37. The molecule has 0 amide bonds. The monoisotopic (exact) mass is 169 g/mol. The molecule has 1 saturated carbocycles. The van der Waals surface area contributed by atoms with Gasteiger partial charge in [-0.15, -0.1) is 0 Å². The van der Waals surface area contributed by atoms with Crippen LogP contribution in [-0.2, 0) is 4.79 Å². The van der Waals surface area contributed by atoms with Gasteiger partial charge in [0.25, 0.3) is 0 Å². The van der Waals surface area contributed by atoms with Gasteiger partial charge in [0.1, 0.15) is 6.04 Å². The van der Waals surface area contributed by atoms with Crippen molar-refractivity contribution in [2.45, 2.75) is 37.8 Å². The second-order valence-corrected chi connectivity index (χ2v) is 4.01. The first kappa shape index (κ1) is 8.05. The number of carboxylic acid groups (broad SMARTS) is 1. The number of carbonyl (C=O) groups is 1. The molecule has 12 heavy (non-hydrogen) atoms. The highest BCUT2D eigenvalue weighted by Gasteiger charge is 2.44. The molecule has 2 aliphatic rings. The second kappa shape index (κ2) is 2.73. The number of nitrogens with zero attached hydrogens (tertiary/aromatic N) is 1. The van der Waals surface area contributed by atoms with Crippen LogP contribution in [0.2, 0.25) is 0 Å². The van der Waals surface area contributed by atoms with Crippen molar-refractivity contribution in [1.82, 2.24) is 4.90 Å². The van der Waals surface area contributed by atoms with Gasteiger partial charge in [-0.1, -0.05) is 6.42 Å². The third kappa shape index (κ3) is 1.04. The molecule has 2 rings (SSSR count). The van der Waals surface area contributed by atoms with Crippen LogP contribution in [0.3, 0.4) is 0 Å². The summed E-state index contributed by atoms with van der Waals surface area (Å²) in [5.74, 6) is 0.0167. The van der Waals surface area contributed by atoms with Crippen molar-refractivity contribution in [2.75, 3.05) is 7.05 Å². The molecule has 0 radical (unpaired) electrons. The molecule has 0 aromatic heterocycles. The molecule has 0 aromatic rings. The van der Waals surface area contributed by atoms with E-state index in [1.807, 2.05) is 7.05 Å². The Balaban J connectivity index is 2.10. The lowest BCUT2D eigenvalue weighted by atomic mass is 10.0. The summed E-state index contributed by atoms with van der Waals surface area (Å²) in [4.78, 5) is 12.9. The third-order valence-electron chi connectivity index (χ3n) is 3.44. The molecule has 3 heteroatoms. The molecule has 2 fully saturated rings. The Morgan fingerprint density at radius 2 is 2.25 bits per heavy atom. The Morgan fingerprint density at radius 3 is 2.83 bits per heavy atom. The third-order valence-corrected chi connectivity index (χ3v) is 3.44. The van der Waals surface area contributed by atoms with Gasteiger partial charge in [-0.3, -0.25) is 9.69 Å². The van der Waals surface area contributed by atoms with Crippen LogP contribution in [0.15, 0.2) is 0 Å². The highest BCUT2D eigenvalue weighted by Crippen LogP contribution is 2.39. The van der Waals surface area contributed by atoms with Crippen LogP contribution < -0.4 is 0 Å². The molecule has 1 saturated heterocycles. The average Bonchev–Trinajstić information content (AvgIpc) is 2.53. The SMILES string of the molecule is CN1[C@H](C(=O)O)C[C@@H]2CCC[C@@H]21. The van der Waals surface area contributed by atoms with Crippen LogP contribution in [0.1, 0.15) is 25.7 Å². The molecule has 1 aliphatic carbocycles. The molecule has 3 atom stereocenters. The zero-order chi connectivity index (χ0) is 8.72. The van der Waals surface area contributed by atoms with Gasteiger partial charge in [-0.25, -0.2) is 0 Å². The molecule has 0 aromatic carbocycles. The van der Waals surface area contributed by atoms with Gasteiger partial charge in [-0.05, 0) is 32.2 Å². The van der Waals surface area contributed by atoms with Gasteiger partial charge < -0.3 is 5.11 Å². The van der Waals surface area contributed by atoms with E-state index in [0.717, 1.165) is 6.42 Å². The number of rotatable bonds is 1. The summed E-state index contributed by atoms with van der Waals surface area (Å²) in [6.07, 6.45) is 4.59. The lowest BCUT2D eigenvalue weighted by Gasteiger charge is -2.21. The summed E-state index contributed by atoms with van der Waals surface area (Å²) in [6.45, 7) is 0. The first-order chi connectivity index (χ1) is 5.70. The quantitative estimate of drug-likeness (QED) is 0.635. The molecule has 68 valence electrons. The van der Waals surface area contributed by atoms with Crippen LogP contribution in [0.5, 0.6) is 0 Å². The van der Waals surface area contributed by atoms with Crippen molar-refractivity contribution in [1.29, 1.82) is 0 Å². The number of hydrogen-bond acceptors (Lipinski definition) is 2. The van der Waals surface area contributed by atoms with Gasteiger partial charge in [0, 0.05) is 6.04 Å². The number of carboxylic acids is 1. The van der Waals surface area contributed by atoms with Crippen molar-refractivity contribution in [2.24, 2.45) is 5.92 Å². The van der Waals surface area contributed by atoms with E-state index in [-0.39, 0.29) is 6.04 Å². The summed E-state index contributed by atoms with van der Waals surface area (Å²) >= 11 is 0. The van der Waals surface area contributed by atoms with Gasteiger partial charge >= 0.3 is 5.97 Å². The van der Waals surface area contributed by atoms with Crippen molar-refractivity contribution < 1.29 is 9.90 Å². The first-order valence-corrected chi connectivity index (χ1v) is 4.65. The van der Waals surface area contributed by atoms with Crippen LogP contribution >= 0.6 is 0 Å². The molecule has 1 heterocycles. The largest absolute Gasteiger partial charge is 0.480 e. The van der Waals surface area contributed by atoms with E-state index in [2.05, 4.69) is 4.90 Å². The zero-order valence-corrected chi connectivity index (χ0v) is 7.36. The summed E-state index contributed by atoms with van der Waals surface area (Å²) in [6, 6.07) is 0.353. The van der Waals surface area contributed by atoms with E-state index in [4.69, 9.17) is 5.11 Å². The standard InChI is InChI=1S/C9H15NO2/c1-10-7-4-2-3-6(7)5-8(10)9(11)12/h6-8H,2-5H2,1H3,(H,11,12)/t6-,7-,8-/m0/s1. The van der Waals surface area contributed by atoms with E-state index in [1.165, 1.54) is 19.3 Å². The molecule has 0 bridgehead atoms. The van der Waals surface area contributed by atoms with Crippen molar-refractivity contribution >= 4 is 5.97 Å². The highest BCUT2D eigenvalue weighted by atomic mass is 16.4. The first-order valence-electron chi connectivity index (χ1n) is 4.65. The maximum atomic E-state index is 10.8. The smallest absolute Gasteiger partial charge is 0.320 e. The predicted molar refractivity (Wildman–Crippen MR) is 44.9 cm³/mol. The molecule has 1 N–H and O–H groups in total. The van der Waals surface area contributed by atoms with Gasteiger partial charge in [0.2, 0.25) is 0 Å². The van der Waals surface area contributed by atoms with Crippen LogP contribution in [0, 0.1) is 5.92 Å². The van der Waals surface area contributed by atoms with Crippen molar-refractivity contribution in [3.8, 4) is 0 Å². The lowest BCUT2D eigenvalue weighted by molar-refractivity contribution is -0.142. The van der Waals surface area contributed by atoms with Crippen LogP contribution in [0.25, 0.3) is 0 Å². The molecule has 1 aliphatic heterocycles. The molecular formula is C9H15NO2. The summed E-state index contributed by atoms with van der Waals surface area (Å²) in [5, 5.41) is 8.90. The molecule has 0 spiro atoms. The average molecular weight is 169 g/mol. The number of fused-ring (bicyclic) bond motifs is 1. The Morgan fingerprint density at radius 1 is 1.50 bits per heavy atom. The Hall–Kier alpha value is -0.570. The van der Waals surface area contributed by atoms with E-state index >= 15 is 0 Å². The number of likely N-dealkylation sites (tertiary alicyclic amines) is 1. The summed E-state index contributed by atoms with van der Waals surface area (Å²) in [7, 11) is 1.95. The molecule has 0 unspecified atom stereocenters. The predicted octanol–water partition coefficient (Wildman–Crippen LogP) is 0.944. The van der Waals surface area contributed by atoms with Gasteiger partial charge in [-0.2, -0.15) is 0 Å². The Kier molecular flexibility index (Phi) is 1.83. The topological polar surface area (TPSA) is 40.5 Å². The summed E-state index contributed by atoms with van der Waals surface area (Å²) in [5.41, 5.74) is 0. The van der Waals surface area contributed by atoms with Crippen molar-refractivity contribution in [3.05, 3.63) is 0 Å². The van der Waals surface area contributed by atoms with E-state index < -0.39 is 5.97 Å². The fourth-order valence-electron chi connectivity index (χ4n) is 2.79. The van der Waals surface area contributed by atoms with E-state index in [9.17, 15) is 4.79 Å².